The summed E-state index contributed by atoms with van der Waals surface area (Å²) >= 11 is 6.42. The van der Waals surface area contributed by atoms with Crippen LogP contribution >= 0.6 is 11.6 Å². The van der Waals surface area contributed by atoms with Gasteiger partial charge in [-0.15, -0.1) is 10.2 Å². The number of nitrogens with zero attached hydrogens (tertiary/aromatic N) is 3. The summed E-state index contributed by atoms with van der Waals surface area (Å²) in [4.78, 5) is 15.7. The minimum Gasteiger partial charge on any atom is -0.493 e. The molecule has 0 aliphatic rings. The minimum atomic E-state index is -1.02. The van der Waals surface area contributed by atoms with Crippen LogP contribution in [0.5, 0.6) is 11.5 Å². The van der Waals surface area contributed by atoms with Crippen LogP contribution in [-0.2, 0) is 11.2 Å². The van der Waals surface area contributed by atoms with Crippen molar-refractivity contribution in [2.75, 3.05) is 26.9 Å². The highest BCUT2D eigenvalue weighted by Gasteiger charge is 2.19. The van der Waals surface area contributed by atoms with Crippen LogP contribution in [0, 0.1) is 12.8 Å². The van der Waals surface area contributed by atoms with Gasteiger partial charge in [-0.1, -0.05) is 25.4 Å². The summed E-state index contributed by atoms with van der Waals surface area (Å²) in [6.45, 7) is 5.28. The molecule has 35 heavy (non-hydrogen) atoms. The van der Waals surface area contributed by atoms with E-state index in [-0.39, 0.29) is 29.8 Å². The molecule has 1 aromatic carbocycles. The Morgan fingerprint density at radius 3 is 2.49 bits per heavy atom. The van der Waals surface area contributed by atoms with Crippen LogP contribution in [0.4, 0.5) is 0 Å². The molecule has 2 aromatic heterocycles. The number of rotatable bonds is 11. The number of carbonyl (C=O) groups is 1. The number of aliphatic hydroxyl groups excluding tert-OH is 2. The van der Waals surface area contributed by atoms with E-state index in [0.717, 1.165) is 23.4 Å². The molecule has 0 fully saturated rings. The molecule has 0 aliphatic heterocycles. The van der Waals surface area contributed by atoms with Gasteiger partial charge in [0.25, 0.3) is 0 Å². The normalized spacial score (nSPS) is 12.0. The number of ether oxygens (including phenoxy) is 2. The quantitative estimate of drug-likeness (QED) is 0.359. The maximum atomic E-state index is 11.1. The zero-order valence-electron chi connectivity index (χ0n) is 20.0. The highest BCUT2D eigenvalue weighted by atomic mass is 35.5. The predicted octanol–water partition coefficient (Wildman–Crippen LogP) is 2.82. The Morgan fingerprint density at radius 1 is 1.17 bits per heavy atom. The summed E-state index contributed by atoms with van der Waals surface area (Å²) in [7, 11) is 1.45. The van der Waals surface area contributed by atoms with E-state index in [4.69, 9.17) is 30.6 Å². The van der Waals surface area contributed by atoms with Gasteiger partial charge in [0.2, 0.25) is 17.7 Å². The van der Waals surface area contributed by atoms with Crippen molar-refractivity contribution < 1.29 is 28.9 Å². The number of aliphatic hydroxyl groups is 2. The zero-order valence-corrected chi connectivity index (χ0v) is 20.8. The van der Waals surface area contributed by atoms with Gasteiger partial charge in [-0.05, 0) is 43.5 Å². The number of methoxy groups -OCH3 is 1. The van der Waals surface area contributed by atoms with Gasteiger partial charge in [0, 0.05) is 29.1 Å². The van der Waals surface area contributed by atoms with E-state index >= 15 is 0 Å². The molecule has 0 radical (unpaired) electrons. The van der Waals surface area contributed by atoms with E-state index < -0.39 is 18.6 Å². The minimum absolute atomic E-state index is 0.0878. The van der Waals surface area contributed by atoms with Crippen molar-refractivity contribution in [2.45, 2.75) is 33.3 Å². The van der Waals surface area contributed by atoms with Gasteiger partial charge >= 0.3 is 0 Å². The lowest BCUT2D eigenvalue weighted by Gasteiger charge is -2.16. The largest absolute Gasteiger partial charge is 0.493 e. The van der Waals surface area contributed by atoms with E-state index in [1.54, 1.807) is 12.1 Å². The third kappa shape index (κ3) is 7.14. The first-order valence-electron chi connectivity index (χ1n) is 11.1. The molecule has 3 N–H and O–H groups in total. The number of nitrogens with one attached hydrogen (secondary N) is 1. The molecule has 0 spiro atoms. The van der Waals surface area contributed by atoms with Crippen LogP contribution in [0.25, 0.3) is 22.9 Å². The highest BCUT2D eigenvalue weighted by molar-refractivity contribution is 6.32. The van der Waals surface area contributed by atoms with Crippen molar-refractivity contribution in [2.24, 2.45) is 5.92 Å². The number of aryl methyl sites for hydroxylation is 1. The first-order valence-corrected chi connectivity index (χ1v) is 11.5. The lowest BCUT2D eigenvalue weighted by molar-refractivity contribution is -0.124. The van der Waals surface area contributed by atoms with E-state index in [1.165, 1.54) is 7.11 Å². The van der Waals surface area contributed by atoms with Crippen LogP contribution in [-0.4, -0.2) is 64.3 Å². The third-order valence-electron chi connectivity index (χ3n) is 4.87. The molecular formula is C24H29ClN4O6. The van der Waals surface area contributed by atoms with Gasteiger partial charge in [0.15, 0.2) is 11.5 Å². The first-order chi connectivity index (χ1) is 16.7. The second kappa shape index (κ2) is 12.0. The Kier molecular flexibility index (Phi) is 9.02. The summed E-state index contributed by atoms with van der Waals surface area (Å²) in [5.74, 6) is 0.996. The summed E-state index contributed by atoms with van der Waals surface area (Å²) in [5, 5.41) is 29.6. The molecule has 1 atom stereocenters. The number of aromatic nitrogens is 3. The summed E-state index contributed by atoms with van der Waals surface area (Å²) < 4.78 is 16.9. The van der Waals surface area contributed by atoms with Gasteiger partial charge in [-0.25, -0.2) is 0 Å². The fourth-order valence-corrected chi connectivity index (χ4v) is 3.61. The molecule has 0 saturated carbocycles. The van der Waals surface area contributed by atoms with Crippen LogP contribution in [0.3, 0.4) is 0 Å². The molecule has 11 heteroatoms. The fourth-order valence-electron chi connectivity index (χ4n) is 3.35. The molecule has 1 amide bonds. The lowest BCUT2D eigenvalue weighted by Crippen LogP contribution is -2.36. The summed E-state index contributed by atoms with van der Waals surface area (Å²) in [6, 6.07) is 7.07. The van der Waals surface area contributed by atoms with Crippen molar-refractivity contribution in [1.82, 2.24) is 20.5 Å². The molecule has 3 rings (SSSR count). The zero-order chi connectivity index (χ0) is 25.5. The smallest absolute Gasteiger partial charge is 0.248 e. The van der Waals surface area contributed by atoms with Gasteiger partial charge in [0.1, 0.15) is 19.3 Å². The van der Waals surface area contributed by atoms with E-state index in [2.05, 4.69) is 34.3 Å². The molecule has 3 aromatic rings. The maximum absolute atomic E-state index is 11.1. The van der Waals surface area contributed by atoms with E-state index in [0.29, 0.717) is 23.1 Å². The molecule has 188 valence electrons. The van der Waals surface area contributed by atoms with Gasteiger partial charge in [-0.3, -0.25) is 9.78 Å². The van der Waals surface area contributed by atoms with E-state index in [1.807, 2.05) is 19.1 Å². The van der Waals surface area contributed by atoms with Crippen molar-refractivity contribution in [3.05, 3.63) is 40.7 Å². The van der Waals surface area contributed by atoms with Crippen LogP contribution in [0.15, 0.2) is 28.7 Å². The van der Waals surface area contributed by atoms with Gasteiger partial charge in [0.05, 0.1) is 12.1 Å². The lowest BCUT2D eigenvalue weighted by atomic mass is 10.1. The topological polar surface area (TPSA) is 140 Å². The molecule has 0 saturated heterocycles. The highest BCUT2D eigenvalue weighted by Crippen LogP contribution is 2.39. The number of carbonyl (C=O) groups excluding carboxylic acids is 1. The third-order valence-corrected chi connectivity index (χ3v) is 5.15. The predicted molar refractivity (Wildman–Crippen MR) is 129 cm³/mol. The SMILES string of the molecule is COc1cc(-c2nnc(-c3cc(C)nc(CC(C)C)c3)o2)cc(Cl)c1OC[C@@H](O)CNC(=O)CO. The molecule has 10 nitrogen and oxygen atoms in total. The second-order valence-electron chi connectivity index (χ2n) is 8.42. The molecule has 0 aliphatic carbocycles. The van der Waals surface area contributed by atoms with Crippen LogP contribution in [0.2, 0.25) is 5.02 Å². The number of hydrogen-bond acceptors (Lipinski definition) is 9. The van der Waals surface area contributed by atoms with Crippen molar-refractivity contribution in [1.29, 1.82) is 0 Å². The number of halogens is 1. The Morgan fingerprint density at radius 2 is 1.86 bits per heavy atom. The van der Waals surface area contributed by atoms with Crippen molar-refractivity contribution in [3.8, 4) is 34.4 Å². The summed E-state index contributed by atoms with van der Waals surface area (Å²) in [6.07, 6.45) is -0.180. The Bertz CT molecular complexity index is 1170. The fraction of sp³-hybridized carbons (Fsp3) is 0.417. The van der Waals surface area contributed by atoms with Gasteiger partial charge in [-0.2, -0.15) is 0 Å². The summed E-state index contributed by atoms with van der Waals surface area (Å²) in [5.41, 5.74) is 3.13. The average molecular weight is 505 g/mol. The Hall–Kier alpha value is -3.21. The standard InChI is InChI=1S/C24H29ClN4O6/c1-13(2)5-17-7-15(6-14(3)27-17)23-28-29-24(35-23)16-8-19(25)22(20(9-16)33-4)34-12-18(31)10-26-21(32)11-30/h6-9,13,18,30-31H,5,10-12H2,1-4H3,(H,26,32)/t18-/m0/s1. The molecule has 0 bridgehead atoms. The van der Waals surface area contributed by atoms with Gasteiger partial charge < -0.3 is 29.4 Å². The first kappa shape index (κ1) is 26.4. The Balaban J connectivity index is 1.79. The average Bonchev–Trinajstić information content (AvgIpc) is 3.31. The van der Waals surface area contributed by atoms with Crippen molar-refractivity contribution in [3.63, 3.8) is 0 Å². The monoisotopic (exact) mass is 504 g/mol. The molecule has 0 unspecified atom stereocenters. The van der Waals surface area contributed by atoms with E-state index in [9.17, 15) is 9.90 Å². The molecule has 2 heterocycles. The second-order valence-corrected chi connectivity index (χ2v) is 8.82. The number of benzene rings is 1. The van der Waals surface area contributed by atoms with Crippen LogP contribution < -0.4 is 14.8 Å². The van der Waals surface area contributed by atoms with Crippen molar-refractivity contribution >= 4 is 17.5 Å². The number of amides is 1. The Labute approximate surface area is 208 Å². The molecular weight excluding hydrogens is 476 g/mol. The van der Waals surface area contributed by atoms with Crippen LogP contribution in [0.1, 0.15) is 25.2 Å². The number of pyridine rings is 1. The maximum Gasteiger partial charge on any atom is 0.248 e. The number of hydrogen-bond donors (Lipinski definition) is 3.